The summed E-state index contributed by atoms with van der Waals surface area (Å²) in [4.78, 5) is 0. The van der Waals surface area contributed by atoms with Crippen LogP contribution < -0.4 is 0 Å². The van der Waals surface area contributed by atoms with Crippen molar-refractivity contribution in [2.45, 2.75) is 13.2 Å². The van der Waals surface area contributed by atoms with E-state index in [0.717, 1.165) is 43.4 Å². The van der Waals surface area contributed by atoms with Crippen molar-refractivity contribution in [2.24, 2.45) is 0 Å². The van der Waals surface area contributed by atoms with Crippen LogP contribution >= 0.6 is 0 Å². The number of aliphatic hydroxyl groups excluding tert-OH is 2. The quantitative estimate of drug-likeness (QED) is 0.389. The summed E-state index contributed by atoms with van der Waals surface area (Å²) in [5.41, 5.74) is 1.67. The lowest BCUT2D eigenvalue weighted by Gasteiger charge is -2.16. The predicted octanol–water partition coefficient (Wildman–Crippen LogP) is 3.84. The molecule has 0 aliphatic heterocycles. The van der Waals surface area contributed by atoms with Gasteiger partial charge in [0.25, 0.3) is 0 Å². The highest BCUT2D eigenvalue weighted by atomic mass is 16.3. The topological polar surface area (TPSA) is 60.7 Å². The van der Waals surface area contributed by atoms with Crippen LogP contribution in [-0.2, 0) is 13.2 Å². The van der Waals surface area contributed by atoms with Crippen LogP contribution in [0.5, 0.6) is 5.75 Å². The Balaban J connectivity index is 2.36. The Kier molecular flexibility index (Phi) is 3.18. The van der Waals surface area contributed by atoms with Crippen molar-refractivity contribution >= 4 is 32.3 Å². The van der Waals surface area contributed by atoms with Crippen LogP contribution in [0.2, 0.25) is 0 Å². The summed E-state index contributed by atoms with van der Waals surface area (Å²) in [6.07, 6.45) is 0. The van der Waals surface area contributed by atoms with Crippen molar-refractivity contribution in [3.8, 4) is 5.75 Å². The molecule has 0 saturated heterocycles. The van der Waals surface area contributed by atoms with Gasteiger partial charge in [-0.1, -0.05) is 42.5 Å². The van der Waals surface area contributed by atoms with Gasteiger partial charge in [-0.25, -0.2) is 0 Å². The molecule has 4 aromatic carbocycles. The van der Waals surface area contributed by atoms with Gasteiger partial charge in [-0.05, 0) is 55.6 Å². The maximum Gasteiger partial charge on any atom is 0.116 e. The monoisotopic (exact) mass is 304 g/mol. The maximum absolute atomic E-state index is 10.0. The third-order valence-electron chi connectivity index (χ3n) is 4.53. The second-order valence-corrected chi connectivity index (χ2v) is 5.71. The lowest BCUT2D eigenvalue weighted by atomic mass is 9.89. The van der Waals surface area contributed by atoms with Crippen molar-refractivity contribution in [2.75, 3.05) is 0 Å². The first kappa shape index (κ1) is 14.0. The molecule has 0 bridgehead atoms. The molecule has 23 heavy (non-hydrogen) atoms. The highest BCUT2D eigenvalue weighted by Gasteiger charge is 2.15. The molecule has 114 valence electrons. The fraction of sp³-hybridized carbons (Fsp3) is 0.100. The number of hydrogen-bond donors (Lipinski definition) is 3. The highest BCUT2D eigenvalue weighted by Crippen LogP contribution is 2.38. The molecule has 4 rings (SSSR count). The molecule has 3 nitrogen and oxygen atoms in total. The second kappa shape index (κ2) is 5.23. The van der Waals surface area contributed by atoms with E-state index in [-0.39, 0.29) is 19.0 Å². The fourth-order valence-electron chi connectivity index (χ4n) is 3.51. The average Bonchev–Trinajstić information content (AvgIpc) is 2.59. The van der Waals surface area contributed by atoms with E-state index in [1.807, 2.05) is 42.5 Å². The molecular weight excluding hydrogens is 288 g/mol. The molecule has 3 heteroatoms. The van der Waals surface area contributed by atoms with E-state index < -0.39 is 0 Å². The van der Waals surface area contributed by atoms with Crippen LogP contribution in [0, 0.1) is 0 Å². The number of benzene rings is 4. The smallest absolute Gasteiger partial charge is 0.116 e. The van der Waals surface area contributed by atoms with Crippen molar-refractivity contribution in [3.05, 3.63) is 65.7 Å². The molecule has 0 aromatic heterocycles. The standard InChI is InChI=1S/C20H16O3/c21-10-18-14-3-1-2-4-15(14)19(11-22)20-16(18)8-6-12-5-7-13(23)9-17(12)20/h1-9,21-23H,10-11H2. The summed E-state index contributed by atoms with van der Waals surface area (Å²) in [5.74, 6) is 0.188. The molecule has 0 aliphatic carbocycles. The molecule has 0 atom stereocenters. The zero-order chi connectivity index (χ0) is 16.0. The number of aliphatic hydroxyl groups is 2. The van der Waals surface area contributed by atoms with Crippen molar-refractivity contribution in [1.82, 2.24) is 0 Å². The van der Waals surface area contributed by atoms with Gasteiger partial charge in [0.1, 0.15) is 5.75 Å². The SMILES string of the molecule is OCc1c2ccccc2c(CO)c2c1ccc1ccc(O)cc12. The number of phenolic OH excluding ortho intramolecular Hbond substituents is 1. The van der Waals surface area contributed by atoms with E-state index in [1.165, 1.54) is 0 Å². The van der Waals surface area contributed by atoms with Crippen LogP contribution in [0.15, 0.2) is 54.6 Å². The van der Waals surface area contributed by atoms with Crippen molar-refractivity contribution in [3.63, 3.8) is 0 Å². The molecule has 0 radical (unpaired) electrons. The Hall–Kier alpha value is -2.62. The Morgan fingerprint density at radius 3 is 2.00 bits per heavy atom. The second-order valence-electron chi connectivity index (χ2n) is 5.71. The lowest BCUT2D eigenvalue weighted by Crippen LogP contribution is -1.96. The van der Waals surface area contributed by atoms with Crippen molar-refractivity contribution < 1.29 is 15.3 Å². The molecule has 0 aliphatic rings. The summed E-state index contributed by atoms with van der Waals surface area (Å²) < 4.78 is 0. The van der Waals surface area contributed by atoms with Crippen LogP contribution in [0.1, 0.15) is 11.1 Å². The largest absolute Gasteiger partial charge is 0.508 e. The van der Waals surface area contributed by atoms with Crippen LogP contribution in [0.3, 0.4) is 0 Å². The summed E-state index contributed by atoms with van der Waals surface area (Å²) in [6.45, 7) is -0.176. The van der Waals surface area contributed by atoms with Crippen LogP contribution in [0.25, 0.3) is 32.3 Å². The number of aromatic hydroxyl groups is 1. The Morgan fingerprint density at radius 1 is 0.652 bits per heavy atom. The molecular formula is C20H16O3. The van der Waals surface area contributed by atoms with E-state index in [4.69, 9.17) is 0 Å². The van der Waals surface area contributed by atoms with E-state index in [9.17, 15) is 15.3 Å². The van der Waals surface area contributed by atoms with Gasteiger partial charge in [-0.2, -0.15) is 0 Å². The Labute approximate surface area is 133 Å². The molecule has 0 unspecified atom stereocenters. The Bertz CT molecular complexity index is 1050. The van der Waals surface area contributed by atoms with Gasteiger partial charge >= 0.3 is 0 Å². The Morgan fingerprint density at radius 2 is 1.30 bits per heavy atom. The zero-order valence-electron chi connectivity index (χ0n) is 12.5. The molecule has 0 spiro atoms. The minimum absolute atomic E-state index is 0.0763. The first-order chi connectivity index (χ1) is 11.2. The van der Waals surface area contributed by atoms with Gasteiger partial charge < -0.3 is 15.3 Å². The molecule has 4 aromatic rings. The highest BCUT2D eigenvalue weighted by molar-refractivity contribution is 6.16. The van der Waals surface area contributed by atoms with Crippen molar-refractivity contribution in [1.29, 1.82) is 0 Å². The minimum atomic E-state index is -0.0997. The zero-order valence-corrected chi connectivity index (χ0v) is 12.5. The maximum atomic E-state index is 10.0. The third kappa shape index (κ3) is 1.98. The molecule has 0 fully saturated rings. The lowest BCUT2D eigenvalue weighted by molar-refractivity contribution is 0.282. The minimum Gasteiger partial charge on any atom is -0.508 e. The fourth-order valence-corrected chi connectivity index (χ4v) is 3.51. The molecule has 0 heterocycles. The predicted molar refractivity (Wildman–Crippen MR) is 92.5 cm³/mol. The van der Waals surface area contributed by atoms with Gasteiger partial charge in [0.05, 0.1) is 13.2 Å². The number of hydrogen-bond acceptors (Lipinski definition) is 3. The van der Waals surface area contributed by atoms with Gasteiger partial charge in [0.15, 0.2) is 0 Å². The van der Waals surface area contributed by atoms with Gasteiger partial charge in [0.2, 0.25) is 0 Å². The van der Waals surface area contributed by atoms with Crippen LogP contribution in [-0.4, -0.2) is 15.3 Å². The van der Waals surface area contributed by atoms with E-state index in [1.54, 1.807) is 12.1 Å². The average molecular weight is 304 g/mol. The van der Waals surface area contributed by atoms with Gasteiger partial charge in [0, 0.05) is 0 Å². The molecule has 0 saturated carbocycles. The number of fused-ring (bicyclic) bond motifs is 4. The number of rotatable bonds is 2. The first-order valence-corrected chi connectivity index (χ1v) is 7.54. The normalized spacial score (nSPS) is 11.6. The van der Waals surface area contributed by atoms with E-state index in [0.29, 0.717) is 0 Å². The third-order valence-corrected chi connectivity index (χ3v) is 4.53. The summed E-state index contributed by atoms with van der Waals surface area (Å²) >= 11 is 0. The van der Waals surface area contributed by atoms with E-state index >= 15 is 0 Å². The van der Waals surface area contributed by atoms with E-state index in [2.05, 4.69) is 0 Å². The van der Waals surface area contributed by atoms with Gasteiger partial charge in [-0.15, -0.1) is 0 Å². The number of phenols is 1. The molecule has 3 N–H and O–H groups in total. The van der Waals surface area contributed by atoms with Gasteiger partial charge in [-0.3, -0.25) is 0 Å². The first-order valence-electron chi connectivity index (χ1n) is 7.54. The molecule has 0 amide bonds. The summed E-state index contributed by atoms with van der Waals surface area (Å²) in [5, 5.41) is 35.4. The van der Waals surface area contributed by atoms with Crippen LogP contribution in [0.4, 0.5) is 0 Å². The summed E-state index contributed by atoms with van der Waals surface area (Å²) in [7, 11) is 0. The summed E-state index contributed by atoms with van der Waals surface area (Å²) in [6, 6.07) is 17.0.